The first-order valence-electron chi connectivity index (χ1n) is 8.28. The predicted molar refractivity (Wildman–Crippen MR) is 103 cm³/mol. The maximum absolute atomic E-state index is 12.3. The molecule has 1 aromatic heterocycles. The van der Waals surface area contributed by atoms with Gasteiger partial charge in [0.1, 0.15) is 0 Å². The quantitative estimate of drug-likeness (QED) is 0.539. The average molecular weight is 364 g/mol. The number of hydrazone groups is 1. The Morgan fingerprint density at radius 3 is 2.37 bits per heavy atom. The molecular formula is C20H20N4O3. The molecule has 0 aliphatic rings. The number of imidazole rings is 1. The molecule has 0 radical (unpaired) electrons. The zero-order chi connectivity index (χ0) is 19.2. The molecule has 0 aliphatic carbocycles. The molecule has 7 heteroatoms. The summed E-state index contributed by atoms with van der Waals surface area (Å²) in [5, 5.41) is 4.19. The van der Waals surface area contributed by atoms with E-state index in [-0.39, 0.29) is 5.91 Å². The summed E-state index contributed by atoms with van der Waals surface area (Å²) in [5.74, 6) is 0.720. The van der Waals surface area contributed by atoms with Crippen molar-refractivity contribution in [2.75, 3.05) is 14.2 Å². The first kappa shape index (κ1) is 18.2. The number of nitrogens with zero attached hydrogens (tertiary/aromatic N) is 3. The lowest BCUT2D eigenvalue weighted by atomic mass is 10.1. The zero-order valence-corrected chi connectivity index (χ0v) is 15.3. The van der Waals surface area contributed by atoms with Gasteiger partial charge in [-0.15, -0.1) is 0 Å². The van der Waals surface area contributed by atoms with Crippen LogP contribution in [0.25, 0.3) is 5.69 Å². The Kier molecular flexibility index (Phi) is 5.51. The number of aromatic nitrogens is 2. The van der Waals surface area contributed by atoms with Crippen LogP contribution in [0.2, 0.25) is 0 Å². The van der Waals surface area contributed by atoms with E-state index in [1.54, 1.807) is 37.8 Å². The third kappa shape index (κ3) is 4.14. The van der Waals surface area contributed by atoms with Crippen molar-refractivity contribution in [1.29, 1.82) is 0 Å². The summed E-state index contributed by atoms with van der Waals surface area (Å²) >= 11 is 0. The van der Waals surface area contributed by atoms with Crippen molar-refractivity contribution in [3.8, 4) is 17.2 Å². The number of carbonyl (C=O) groups is 1. The number of rotatable bonds is 6. The molecule has 0 fully saturated rings. The number of hydrogen-bond donors (Lipinski definition) is 1. The van der Waals surface area contributed by atoms with Crippen LogP contribution >= 0.6 is 0 Å². The number of benzene rings is 2. The molecule has 3 aromatic rings. The van der Waals surface area contributed by atoms with Crippen molar-refractivity contribution < 1.29 is 14.3 Å². The standard InChI is InChI=1S/C20H20N4O3/c1-14(15-4-7-17(8-5-15)24-11-10-21-13-24)22-23-20(25)16-6-9-18(26-2)19(12-16)27-3/h4-13H,1-3H3,(H,23,25). The number of hydrogen-bond acceptors (Lipinski definition) is 5. The molecule has 0 saturated heterocycles. The van der Waals surface area contributed by atoms with E-state index in [2.05, 4.69) is 15.5 Å². The Labute approximate surface area is 157 Å². The Bertz CT molecular complexity index is 948. The van der Waals surface area contributed by atoms with E-state index in [1.165, 1.54) is 7.11 Å². The van der Waals surface area contributed by atoms with E-state index in [4.69, 9.17) is 9.47 Å². The van der Waals surface area contributed by atoms with Gasteiger partial charge < -0.3 is 14.0 Å². The van der Waals surface area contributed by atoms with Crippen LogP contribution in [-0.2, 0) is 0 Å². The molecule has 3 rings (SSSR count). The normalized spacial score (nSPS) is 11.1. The largest absolute Gasteiger partial charge is 0.493 e. The monoisotopic (exact) mass is 364 g/mol. The Hall–Kier alpha value is -3.61. The molecule has 0 saturated carbocycles. The third-order valence-corrected chi connectivity index (χ3v) is 4.06. The molecule has 7 nitrogen and oxygen atoms in total. The zero-order valence-electron chi connectivity index (χ0n) is 15.3. The smallest absolute Gasteiger partial charge is 0.271 e. The molecule has 1 heterocycles. The molecule has 0 bridgehead atoms. The van der Waals surface area contributed by atoms with Gasteiger partial charge in [-0.2, -0.15) is 5.10 Å². The number of methoxy groups -OCH3 is 2. The summed E-state index contributed by atoms with van der Waals surface area (Å²) in [6.45, 7) is 1.83. The van der Waals surface area contributed by atoms with Crippen LogP contribution in [-0.4, -0.2) is 35.4 Å². The van der Waals surface area contributed by atoms with Crippen LogP contribution in [0.5, 0.6) is 11.5 Å². The van der Waals surface area contributed by atoms with Crippen LogP contribution in [0.1, 0.15) is 22.8 Å². The summed E-state index contributed by atoms with van der Waals surface area (Å²) in [4.78, 5) is 16.4. The molecule has 27 heavy (non-hydrogen) atoms. The number of ether oxygens (including phenoxy) is 2. The van der Waals surface area contributed by atoms with Crippen LogP contribution in [0, 0.1) is 0 Å². The van der Waals surface area contributed by atoms with Gasteiger partial charge in [-0.1, -0.05) is 12.1 Å². The van der Waals surface area contributed by atoms with Gasteiger partial charge in [0.05, 0.1) is 26.3 Å². The van der Waals surface area contributed by atoms with Crippen molar-refractivity contribution in [3.05, 3.63) is 72.3 Å². The molecule has 1 N–H and O–H groups in total. The summed E-state index contributed by atoms with van der Waals surface area (Å²) in [6.07, 6.45) is 5.34. The lowest BCUT2D eigenvalue weighted by Gasteiger charge is -2.09. The minimum atomic E-state index is -0.328. The fourth-order valence-corrected chi connectivity index (χ4v) is 2.53. The summed E-state index contributed by atoms with van der Waals surface area (Å²) in [5.41, 5.74) is 5.60. The van der Waals surface area contributed by atoms with Crippen LogP contribution in [0.4, 0.5) is 0 Å². The number of nitrogens with one attached hydrogen (secondary N) is 1. The van der Waals surface area contributed by atoms with E-state index in [1.807, 2.05) is 42.0 Å². The van der Waals surface area contributed by atoms with Crippen molar-refractivity contribution in [2.45, 2.75) is 6.92 Å². The maximum Gasteiger partial charge on any atom is 0.271 e. The highest BCUT2D eigenvalue weighted by atomic mass is 16.5. The van der Waals surface area contributed by atoms with Crippen LogP contribution < -0.4 is 14.9 Å². The Morgan fingerprint density at radius 1 is 1.04 bits per heavy atom. The lowest BCUT2D eigenvalue weighted by Crippen LogP contribution is -2.19. The summed E-state index contributed by atoms with van der Waals surface area (Å²) < 4.78 is 12.3. The SMILES string of the molecule is COc1ccc(C(=O)NN=C(C)c2ccc(-n3ccnc3)cc2)cc1OC. The third-order valence-electron chi connectivity index (χ3n) is 4.06. The van der Waals surface area contributed by atoms with Crippen molar-refractivity contribution in [1.82, 2.24) is 15.0 Å². The fourth-order valence-electron chi connectivity index (χ4n) is 2.53. The second kappa shape index (κ2) is 8.18. The van der Waals surface area contributed by atoms with Gasteiger partial charge >= 0.3 is 0 Å². The molecule has 138 valence electrons. The first-order valence-corrected chi connectivity index (χ1v) is 8.28. The van der Waals surface area contributed by atoms with Gasteiger partial charge in [-0.05, 0) is 42.8 Å². The number of amides is 1. The van der Waals surface area contributed by atoms with Crippen LogP contribution in [0.3, 0.4) is 0 Å². The average Bonchev–Trinajstić information content (AvgIpc) is 3.26. The maximum atomic E-state index is 12.3. The minimum absolute atomic E-state index is 0.328. The second-order valence-corrected chi connectivity index (χ2v) is 5.72. The first-order chi connectivity index (χ1) is 13.1. The summed E-state index contributed by atoms with van der Waals surface area (Å²) in [6, 6.07) is 12.8. The molecule has 0 unspecified atom stereocenters. The highest BCUT2D eigenvalue weighted by Crippen LogP contribution is 2.27. The molecule has 2 aromatic carbocycles. The second-order valence-electron chi connectivity index (χ2n) is 5.72. The van der Waals surface area contributed by atoms with Crippen molar-refractivity contribution in [3.63, 3.8) is 0 Å². The van der Waals surface area contributed by atoms with E-state index in [9.17, 15) is 4.79 Å². The minimum Gasteiger partial charge on any atom is -0.493 e. The Morgan fingerprint density at radius 2 is 1.74 bits per heavy atom. The molecule has 0 atom stereocenters. The fraction of sp³-hybridized carbons (Fsp3) is 0.150. The van der Waals surface area contributed by atoms with E-state index >= 15 is 0 Å². The van der Waals surface area contributed by atoms with Gasteiger partial charge in [-0.3, -0.25) is 4.79 Å². The van der Waals surface area contributed by atoms with Gasteiger partial charge in [0, 0.05) is 23.6 Å². The van der Waals surface area contributed by atoms with E-state index < -0.39 is 0 Å². The number of carbonyl (C=O) groups excluding carboxylic acids is 1. The van der Waals surface area contributed by atoms with Gasteiger partial charge in [0.25, 0.3) is 5.91 Å². The highest BCUT2D eigenvalue weighted by Gasteiger charge is 2.10. The highest BCUT2D eigenvalue weighted by molar-refractivity contribution is 6.01. The van der Waals surface area contributed by atoms with Gasteiger partial charge in [0.15, 0.2) is 11.5 Å². The van der Waals surface area contributed by atoms with Crippen molar-refractivity contribution in [2.24, 2.45) is 5.10 Å². The molecule has 1 amide bonds. The van der Waals surface area contributed by atoms with Crippen molar-refractivity contribution >= 4 is 11.6 Å². The Balaban J connectivity index is 1.70. The molecule has 0 aliphatic heterocycles. The van der Waals surface area contributed by atoms with Gasteiger partial charge in [0.2, 0.25) is 0 Å². The predicted octanol–water partition coefficient (Wildman–Crippen LogP) is 3.04. The topological polar surface area (TPSA) is 77.7 Å². The van der Waals surface area contributed by atoms with E-state index in [0.717, 1.165) is 11.3 Å². The van der Waals surface area contributed by atoms with Gasteiger partial charge in [-0.25, -0.2) is 10.4 Å². The summed E-state index contributed by atoms with van der Waals surface area (Å²) in [7, 11) is 3.07. The molecule has 0 spiro atoms. The molecular weight excluding hydrogens is 344 g/mol. The van der Waals surface area contributed by atoms with E-state index in [0.29, 0.717) is 22.8 Å². The lowest BCUT2D eigenvalue weighted by molar-refractivity contribution is 0.0954. The van der Waals surface area contributed by atoms with Crippen LogP contribution in [0.15, 0.2) is 66.3 Å².